The smallest absolute Gasteiger partial charge is 0.257 e. The number of ether oxygens (including phenoxy) is 1. The van der Waals surface area contributed by atoms with Crippen LogP contribution >= 0.6 is 55.2 Å². The van der Waals surface area contributed by atoms with Gasteiger partial charge in [0.05, 0.1) is 20.9 Å². The molecule has 0 atom stereocenters. The van der Waals surface area contributed by atoms with Gasteiger partial charge in [0, 0.05) is 10.6 Å². The number of carbonyl (C=O) groups is 1. The Labute approximate surface area is 216 Å². The number of thioether (sulfide) groups is 1. The Balaban J connectivity index is 1.31. The van der Waals surface area contributed by atoms with Crippen molar-refractivity contribution >= 4 is 78.4 Å². The first kappa shape index (κ1) is 23.8. The van der Waals surface area contributed by atoms with Crippen LogP contribution in [0.3, 0.4) is 0 Å². The van der Waals surface area contributed by atoms with Crippen molar-refractivity contribution in [2.45, 2.75) is 11.8 Å². The van der Waals surface area contributed by atoms with Crippen LogP contribution in [0.15, 0.2) is 84.4 Å². The summed E-state index contributed by atoms with van der Waals surface area (Å²) in [6, 6.07) is 18.7. The van der Waals surface area contributed by atoms with Gasteiger partial charge in [0.15, 0.2) is 5.58 Å². The third kappa shape index (κ3) is 6.38. The molecule has 4 aromatic rings. The fraction of sp³-hybridized carbons (Fsp3) is 0.0870. The molecule has 10 heteroatoms. The summed E-state index contributed by atoms with van der Waals surface area (Å²) in [5, 5.41) is 5.12. The highest BCUT2D eigenvalue weighted by Gasteiger charge is 2.11. The van der Waals surface area contributed by atoms with E-state index in [0.717, 1.165) is 25.6 Å². The van der Waals surface area contributed by atoms with Gasteiger partial charge in [0.1, 0.15) is 17.9 Å². The van der Waals surface area contributed by atoms with Crippen molar-refractivity contribution in [3.8, 4) is 5.75 Å². The van der Waals surface area contributed by atoms with E-state index in [2.05, 4.69) is 47.4 Å². The number of nitrogens with one attached hydrogen (secondary N) is 1. The number of benzene rings is 3. The number of hydrogen-bond donors (Lipinski definition) is 1. The van der Waals surface area contributed by atoms with Crippen LogP contribution in [0.1, 0.15) is 11.1 Å². The Morgan fingerprint density at radius 1 is 1.15 bits per heavy atom. The van der Waals surface area contributed by atoms with Crippen LogP contribution in [0.2, 0.25) is 5.02 Å². The number of oxazole rings is 1. The number of nitrogens with zero attached hydrogens (tertiary/aromatic N) is 2. The Morgan fingerprint density at radius 2 is 1.88 bits per heavy atom. The van der Waals surface area contributed by atoms with Gasteiger partial charge in [-0.15, -0.1) is 0 Å². The molecular weight excluding hydrogens is 594 g/mol. The van der Waals surface area contributed by atoms with Crippen LogP contribution in [0, 0.1) is 0 Å². The lowest BCUT2D eigenvalue weighted by atomic mass is 10.2. The number of hydrogen-bond acceptors (Lipinski definition) is 6. The molecular formula is C23H16Br2ClN3O3S. The highest BCUT2D eigenvalue weighted by molar-refractivity contribution is 9.11. The zero-order valence-electron chi connectivity index (χ0n) is 16.9. The summed E-state index contributed by atoms with van der Waals surface area (Å²) in [7, 11) is 0. The van der Waals surface area contributed by atoms with E-state index >= 15 is 0 Å². The van der Waals surface area contributed by atoms with E-state index in [1.54, 1.807) is 6.21 Å². The standard InChI is InChI=1S/C23H16Br2ClN3O3S/c24-16-9-14(10-17(25)22(16)31-12-15-5-1-2-6-18(15)26)11-27-29-21(30)13-33-23-28-19-7-3-4-8-20(19)32-23/h1-11H,12-13H2,(H,29,30)/b27-11-. The quantitative estimate of drug-likeness (QED) is 0.135. The van der Waals surface area contributed by atoms with Crippen molar-refractivity contribution in [1.29, 1.82) is 0 Å². The molecule has 168 valence electrons. The van der Waals surface area contributed by atoms with Crippen molar-refractivity contribution in [2.75, 3.05) is 5.75 Å². The van der Waals surface area contributed by atoms with Gasteiger partial charge in [-0.1, -0.05) is 53.7 Å². The second-order valence-electron chi connectivity index (χ2n) is 6.72. The summed E-state index contributed by atoms with van der Waals surface area (Å²) < 4.78 is 13.0. The summed E-state index contributed by atoms with van der Waals surface area (Å²) >= 11 is 14.4. The van der Waals surface area contributed by atoms with Gasteiger partial charge < -0.3 is 9.15 Å². The summed E-state index contributed by atoms with van der Waals surface area (Å²) in [6.07, 6.45) is 1.55. The number of para-hydroxylation sites is 2. The molecule has 0 saturated carbocycles. The molecule has 6 nitrogen and oxygen atoms in total. The summed E-state index contributed by atoms with van der Waals surface area (Å²) in [5.74, 6) is 0.508. The van der Waals surface area contributed by atoms with Crippen molar-refractivity contribution in [3.05, 3.63) is 85.8 Å². The molecule has 0 unspecified atom stereocenters. The summed E-state index contributed by atoms with van der Waals surface area (Å²) in [6.45, 7) is 0.331. The molecule has 0 radical (unpaired) electrons. The maximum Gasteiger partial charge on any atom is 0.257 e. The fourth-order valence-electron chi connectivity index (χ4n) is 2.81. The van der Waals surface area contributed by atoms with Gasteiger partial charge in [-0.3, -0.25) is 4.79 Å². The lowest BCUT2D eigenvalue weighted by molar-refractivity contribution is -0.118. The van der Waals surface area contributed by atoms with E-state index in [1.165, 1.54) is 11.8 Å². The van der Waals surface area contributed by atoms with Crippen molar-refractivity contribution in [2.24, 2.45) is 5.10 Å². The maximum atomic E-state index is 12.1. The summed E-state index contributed by atoms with van der Waals surface area (Å²) in [4.78, 5) is 16.4. The van der Waals surface area contributed by atoms with Crippen molar-refractivity contribution in [1.82, 2.24) is 10.4 Å². The number of carbonyl (C=O) groups excluding carboxylic acids is 1. The lowest BCUT2D eigenvalue weighted by Gasteiger charge is -2.12. The van der Waals surface area contributed by atoms with Crippen LogP contribution in [-0.2, 0) is 11.4 Å². The maximum absolute atomic E-state index is 12.1. The minimum Gasteiger partial charge on any atom is -0.486 e. The monoisotopic (exact) mass is 607 g/mol. The highest BCUT2D eigenvalue weighted by Crippen LogP contribution is 2.35. The number of halogens is 3. The van der Waals surface area contributed by atoms with Crippen molar-refractivity contribution in [3.63, 3.8) is 0 Å². The molecule has 4 rings (SSSR count). The van der Waals surface area contributed by atoms with E-state index < -0.39 is 0 Å². The molecule has 0 aliphatic heterocycles. The largest absolute Gasteiger partial charge is 0.486 e. The first-order valence-electron chi connectivity index (χ1n) is 9.65. The number of amides is 1. The van der Waals surface area contributed by atoms with E-state index in [-0.39, 0.29) is 11.7 Å². The van der Waals surface area contributed by atoms with Gasteiger partial charge in [-0.05, 0) is 67.8 Å². The zero-order valence-corrected chi connectivity index (χ0v) is 21.7. The lowest BCUT2D eigenvalue weighted by Crippen LogP contribution is -2.19. The molecule has 0 saturated heterocycles. The van der Waals surface area contributed by atoms with Gasteiger partial charge in [-0.25, -0.2) is 10.4 Å². The third-order valence-corrected chi connectivity index (χ3v) is 6.73. The highest BCUT2D eigenvalue weighted by atomic mass is 79.9. The summed E-state index contributed by atoms with van der Waals surface area (Å²) in [5.41, 5.74) is 5.61. The first-order valence-corrected chi connectivity index (χ1v) is 12.6. The normalized spacial score (nSPS) is 11.2. The molecule has 0 aliphatic carbocycles. The molecule has 0 fully saturated rings. The average molecular weight is 610 g/mol. The predicted octanol–water partition coefficient (Wildman–Crippen LogP) is 6.83. The number of fused-ring (bicyclic) bond motifs is 1. The van der Waals surface area contributed by atoms with E-state index in [9.17, 15) is 4.79 Å². The van der Waals surface area contributed by atoms with Crippen LogP contribution < -0.4 is 10.2 Å². The molecule has 1 amide bonds. The van der Waals surface area contributed by atoms with Crippen molar-refractivity contribution < 1.29 is 13.9 Å². The van der Waals surface area contributed by atoms with Gasteiger partial charge >= 0.3 is 0 Å². The molecule has 0 aliphatic rings. The van der Waals surface area contributed by atoms with Gasteiger partial charge in [0.25, 0.3) is 11.1 Å². The Morgan fingerprint density at radius 3 is 2.64 bits per heavy atom. The molecule has 33 heavy (non-hydrogen) atoms. The first-order chi connectivity index (χ1) is 16.0. The minimum absolute atomic E-state index is 0.131. The molecule has 0 spiro atoms. The van der Waals surface area contributed by atoms with Crippen LogP contribution in [0.25, 0.3) is 11.1 Å². The second-order valence-corrected chi connectivity index (χ2v) is 9.77. The molecule has 1 N–H and O–H groups in total. The van der Waals surface area contributed by atoms with Crippen LogP contribution in [0.5, 0.6) is 5.75 Å². The fourth-order valence-corrected chi connectivity index (χ4v) is 5.08. The van der Waals surface area contributed by atoms with E-state index in [4.69, 9.17) is 20.8 Å². The third-order valence-electron chi connectivity index (χ3n) is 4.35. The number of rotatable bonds is 8. The van der Waals surface area contributed by atoms with Gasteiger partial charge in [-0.2, -0.15) is 5.10 Å². The average Bonchev–Trinajstić information content (AvgIpc) is 3.21. The van der Waals surface area contributed by atoms with E-state index in [1.807, 2.05) is 60.7 Å². The molecule has 3 aromatic carbocycles. The molecule has 1 aromatic heterocycles. The topological polar surface area (TPSA) is 76.7 Å². The Hall–Kier alpha value is -2.33. The van der Waals surface area contributed by atoms with E-state index in [0.29, 0.717) is 28.2 Å². The second kappa shape index (κ2) is 11.2. The number of aromatic nitrogens is 1. The number of hydrazone groups is 1. The van der Waals surface area contributed by atoms with Crippen LogP contribution in [0.4, 0.5) is 0 Å². The Kier molecular flexibility index (Phi) is 8.08. The molecule has 0 bridgehead atoms. The zero-order chi connectivity index (χ0) is 23.2. The van der Waals surface area contributed by atoms with Gasteiger partial charge in [0.2, 0.25) is 0 Å². The van der Waals surface area contributed by atoms with Crippen LogP contribution in [-0.4, -0.2) is 22.9 Å². The Bertz CT molecular complexity index is 1270. The predicted molar refractivity (Wildman–Crippen MR) is 138 cm³/mol. The SMILES string of the molecule is O=C(CSc1nc2ccccc2o1)N/N=C\c1cc(Br)c(OCc2ccccc2Cl)c(Br)c1. The minimum atomic E-state index is -0.267. The molecule has 1 heterocycles.